The zero-order valence-electron chi connectivity index (χ0n) is 6.29. The molecule has 0 aliphatic rings. The van der Waals surface area contributed by atoms with Crippen molar-refractivity contribution in [3.63, 3.8) is 0 Å². The lowest BCUT2D eigenvalue weighted by Crippen LogP contribution is -2.09. The predicted molar refractivity (Wildman–Crippen MR) is 45.4 cm³/mol. The fourth-order valence-corrected chi connectivity index (χ4v) is 0.822. The van der Waals surface area contributed by atoms with Crippen LogP contribution < -0.4 is 0 Å². The van der Waals surface area contributed by atoms with Crippen molar-refractivity contribution in [3.8, 4) is 0 Å². The third-order valence-corrected chi connectivity index (χ3v) is 1.16. The van der Waals surface area contributed by atoms with Gasteiger partial charge in [-0.1, -0.05) is 0 Å². The van der Waals surface area contributed by atoms with Gasteiger partial charge < -0.3 is 9.88 Å². The molecule has 1 aromatic rings. The van der Waals surface area contributed by atoms with Crippen LogP contribution in [0.25, 0.3) is 0 Å². The second-order valence-corrected chi connectivity index (χ2v) is 2.46. The molecule has 1 aromatic heterocycles. The lowest BCUT2D eigenvalue weighted by molar-refractivity contribution is 0.403. The van der Waals surface area contributed by atoms with Gasteiger partial charge in [0.15, 0.2) is 0 Å². The monoisotopic (exact) mass is 160 g/mol. The zero-order chi connectivity index (χ0) is 6.69. The number of nitrogens with one attached hydrogen (secondary N) is 1. The van der Waals surface area contributed by atoms with Gasteiger partial charge >= 0.3 is 0 Å². The maximum absolute atomic E-state index is 3.01. The highest BCUT2D eigenvalue weighted by molar-refractivity contribution is 5.85. The molecule has 0 radical (unpaired) electrons. The van der Waals surface area contributed by atoms with Crippen molar-refractivity contribution < 1.29 is 0 Å². The number of aromatic amines is 1. The van der Waals surface area contributed by atoms with Crippen molar-refractivity contribution in [2.45, 2.75) is 6.54 Å². The van der Waals surface area contributed by atoms with Crippen LogP contribution in [0.5, 0.6) is 0 Å². The smallest absolute Gasteiger partial charge is 0.0242 e. The molecule has 10 heavy (non-hydrogen) atoms. The molecule has 1 rings (SSSR count). The number of halogens is 1. The highest BCUT2D eigenvalue weighted by Gasteiger charge is 1.91. The van der Waals surface area contributed by atoms with Crippen LogP contribution in [0.2, 0.25) is 0 Å². The highest BCUT2D eigenvalue weighted by atomic mass is 35.5. The molecule has 2 nitrogen and oxygen atoms in total. The van der Waals surface area contributed by atoms with Crippen molar-refractivity contribution in [1.29, 1.82) is 0 Å². The first kappa shape index (κ1) is 9.53. The quantitative estimate of drug-likeness (QED) is 0.695. The number of aromatic nitrogens is 1. The van der Waals surface area contributed by atoms with E-state index in [0.29, 0.717) is 0 Å². The minimum Gasteiger partial charge on any atom is -0.367 e. The summed E-state index contributed by atoms with van der Waals surface area (Å²) in [6.07, 6.45) is 3.96. The third kappa shape index (κ3) is 2.90. The maximum Gasteiger partial charge on any atom is 0.0242 e. The van der Waals surface area contributed by atoms with Gasteiger partial charge in [-0.2, -0.15) is 0 Å². The minimum atomic E-state index is 0. The van der Waals surface area contributed by atoms with Crippen LogP contribution >= 0.6 is 12.4 Å². The van der Waals surface area contributed by atoms with Gasteiger partial charge in [0, 0.05) is 18.9 Å². The first-order chi connectivity index (χ1) is 4.29. The molecule has 0 atom stereocenters. The van der Waals surface area contributed by atoms with Crippen molar-refractivity contribution in [2.24, 2.45) is 0 Å². The SMILES string of the molecule is CN(C)Cc1cc[nH]c1.Cl. The number of hydrogen-bond donors (Lipinski definition) is 1. The minimum absolute atomic E-state index is 0. The van der Waals surface area contributed by atoms with Crippen LogP contribution in [-0.4, -0.2) is 24.0 Å². The van der Waals surface area contributed by atoms with E-state index < -0.39 is 0 Å². The van der Waals surface area contributed by atoms with E-state index in [1.807, 2.05) is 12.4 Å². The highest BCUT2D eigenvalue weighted by Crippen LogP contribution is 1.97. The summed E-state index contributed by atoms with van der Waals surface area (Å²) < 4.78 is 0. The fourth-order valence-electron chi connectivity index (χ4n) is 0.822. The summed E-state index contributed by atoms with van der Waals surface area (Å²) >= 11 is 0. The second kappa shape index (κ2) is 4.36. The molecule has 0 saturated heterocycles. The van der Waals surface area contributed by atoms with Crippen molar-refractivity contribution in [1.82, 2.24) is 9.88 Å². The summed E-state index contributed by atoms with van der Waals surface area (Å²) in [7, 11) is 4.12. The molecular weight excluding hydrogens is 148 g/mol. The van der Waals surface area contributed by atoms with E-state index in [2.05, 4.69) is 30.0 Å². The molecule has 0 unspecified atom stereocenters. The molecule has 0 spiro atoms. The van der Waals surface area contributed by atoms with Gasteiger partial charge in [-0.3, -0.25) is 0 Å². The second-order valence-electron chi connectivity index (χ2n) is 2.46. The summed E-state index contributed by atoms with van der Waals surface area (Å²) in [5.74, 6) is 0. The van der Waals surface area contributed by atoms with Gasteiger partial charge in [-0.05, 0) is 25.7 Å². The molecule has 1 heterocycles. The van der Waals surface area contributed by atoms with Crippen LogP contribution in [-0.2, 0) is 6.54 Å². The Morgan fingerprint density at radius 1 is 1.50 bits per heavy atom. The molecule has 0 aliphatic heterocycles. The van der Waals surface area contributed by atoms with Crippen LogP contribution in [0.4, 0.5) is 0 Å². The van der Waals surface area contributed by atoms with Gasteiger partial charge in [0.05, 0.1) is 0 Å². The summed E-state index contributed by atoms with van der Waals surface area (Å²) in [4.78, 5) is 5.15. The van der Waals surface area contributed by atoms with Gasteiger partial charge in [0.1, 0.15) is 0 Å². The molecule has 0 bridgehead atoms. The molecule has 0 aliphatic carbocycles. The molecular formula is C7H13ClN2. The maximum atomic E-state index is 3.01. The number of hydrogen-bond acceptors (Lipinski definition) is 1. The van der Waals surface area contributed by atoms with Gasteiger partial charge in [0.25, 0.3) is 0 Å². The lowest BCUT2D eigenvalue weighted by atomic mass is 10.3. The van der Waals surface area contributed by atoms with Crippen molar-refractivity contribution in [3.05, 3.63) is 24.0 Å². The van der Waals surface area contributed by atoms with Gasteiger partial charge in [0.2, 0.25) is 0 Å². The van der Waals surface area contributed by atoms with E-state index in [1.54, 1.807) is 0 Å². The molecule has 1 N–H and O–H groups in total. The Hall–Kier alpha value is -0.470. The van der Waals surface area contributed by atoms with E-state index in [-0.39, 0.29) is 12.4 Å². The van der Waals surface area contributed by atoms with Crippen molar-refractivity contribution in [2.75, 3.05) is 14.1 Å². The Kier molecular flexibility index (Phi) is 4.16. The van der Waals surface area contributed by atoms with E-state index in [9.17, 15) is 0 Å². The van der Waals surface area contributed by atoms with Gasteiger partial charge in [-0.25, -0.2) is 0 Å². The van der Waals surface area contributed by atoms with Crippen LogP contribution in [0.3, 0.4) is 0 Å². The van der Waals surface area contributed by atoms with Crippen LogP contribution in [0.1, 0.15) is 5.56 Å². The lowest BCUT2D eigenvalue weighted by Gasteiger charge is -2.05. The van der Waals surface area contributed by atoms with Crippen LogP contribution in [0, 0.1) is 0 Å². The van der Waals surface area contributed by atoms with Crippen LogP contribution in [0.15, 0.2) is 18.5 Å². The molecule has 3 heteroatoms. The average Bonchev–Trinajstić information content (AvgIpc) is 2.15. The Morgan fingerprint density at radius 2 is 2.20 bits per heavy atom. The standard InChI is InChI=1S/C7H12N2.ClH/c1-9(2)6-7-3-4-8-5-7;/h3-5,8H,6H2,1-2H3;1H. The molecule has 0 amide bonds. The average molecular weight is 161 g/mol. The molecule has 58 valence electrons. The number of H-pyrrole nitrogens is 1. The van der Waals surface area contributed by atoms with E-state index in [4.69, 9.17) is 0 Å². The number of rotatable bonds is 2. The molecule has 0 saturated carbocycles. The normalized spacial score (nSPS) is 9.50. The number of nitrogens with zero attached hydrogens (tertiary/aromatic N) is 1. The first-order valence-corrected chi connectivity index (χ1v) is 3.05. The van der Waals surface area contributed by atoms with Crippen molar-refractivity contribution >= 4 is 12.4 Å². The Labute approximate surface area is 67.6 Å². The Morgan fingerprint density at radius 3 is 2.60 bits per heavy atom. The van der Waals surface area contributed by atoms with E-state index in [1.165, 1.54) is 5.56 Å². The summed E-state index contributed by atoms with van der Waals surface area (Å²) in [6, 6.07) is 2.08. The van der Waals surface area contributed by atoms with E-state index >= 15 is 0 Å². The summed E-state index contributed by atoms with van der Waals surface area (Å²) in [5.41, 5.74) is 1.33. The summed E-state index contributed by atoms with van der Waals surface area (Å²) in [6.45, 7) is 1.02. The third-order valence-electron chi connectivity index (χ3n) is 1.16. The Bertz CT molecular complexity index is 158. The first-order valence-electron chi connectivity index (χ1n) is 3.05. The largest absolute Gasteiger partial charge is 0.367 e. The summed E-state index contributed by atoms with van der Waals surface area (Å²) in [5, 5.41) is 0. The Balaban J connectivity index is 0.000000810. The zero-order valence-corrected chi connectivity index (χ0v) is 7.11. The predicted octanol–water partition coefficient (Wildman–Crippen LogP) is 1.50. The topological polar surface area (TPSA) is 19.0 Å². The van der Waals surface area contributed by atoms with E-state index in [0.717, 1.165) is 6.54 Å². The van der Waals surface area contributed by atoms with Gasteiger partial charge in [-0.15, -0.1) is 12.4 Å². The molecule has 0 fully saturated rings. The fraction of sp³-hybridized carbons (Fsp3) is 0.429. The molecule has 0 aromatic carbocycles.